The molecule has 0 aliphatic heterocycles. The van der Waals surface area contributed by atoms with Crippen LogP contribution in [0.2, 0.25) is 0 Å². The van der Waals surface area contributed by atoms with E-state index in [0.29, 0.717) is 0 Å². The van der Waals surface area contributed by atoms with E-state index in [2.05, 4.69) is 56.7 Å². The lowest BCUT2D eigenvalue weighted by atomic mass is 9.97. The van der Waals surface area contributed by atoms with Gasteiger partial charge in [-0.25, -0.2) is 0 Å². The van der Waals surface area contributed by atoms with Gasteiger partial charge in [-0.2, -0.15) is 10.2 Å². The Labute approximate surface area is 127 Å². The van der Waals surface area contributed by atoms with Crippen molar-refractivity contribution < 1.29 is 0 Å². The van der Waals surface area contributed by atoms with Gasteiger partial charge in [-0.3, -0.25) is 11.3 Å². The summed E-state index contributed by atoms with van der Waals surface area (Å²) in [5, 5.41) is 8.39. The van der Waals surface area contributed by atoms with E-state index >= 15 is 0 Å². The van der Waals surface area contributed by atoms with Crippen LogP contribution in [0.1, 0.15) is 35.5 Å². The van der Waals surface area contributed by atoms with Crippen LogP contribution in [0.15, 0.2) is 34.8 Å². The molecule has 5 heteroatoms. The zero-order chi connectivity index (χ0) is 14.5. The molecule has 0 aliphatic rings. The standard InChI is InChI=1S/C15H19BrN4/c1-3-14-13(7-10(2)19-20-14)15(18-17)9-11-5-4-6-12(16)8-11/h4-8,15,18H,3,9,17H2,1-2H3. The molecule has 0 bridgehead atoms. The van der Waals surface area contributed by atoms with Crippen molar-refractivity contribution in [2.75, 3.05) is 0 Å². The van der Waals surface area contributed by atoms with Gasteiger partial charge in [0.25, 0.3) is 0 Å². The van der Waals surface area contributed by atoms with Crippen LogP contribution in [0, 0.1) is 6.92 Å². The molecular weight excluding hydrogens is 316 g/mol. The van der Waals surface area contributed by atoms with E-state index in [-0.39, 0.29) is 6.04 Å². The summed E-state index contributed by atoms with van der Waals surface area (Å²) in [5.74, 6) is 5.75. The number of nitrogens with zero attached hydrogens (tertiary/aromatic N) is 2. The molecule has 1 atom stereocenters. The maximum Gasteiger partial charge on any atom is 0.0676 e. The maximum absolute atomic E-state index is 5.75. The number of aryl methyl sites for hydroxylation is 2. The van der Waals surface area contributed by atoms with Crippen LogP contribution in [0.3, 0.4) is 0 Å². The van der Waals surface area contributed by atoms with Crippen molar-refractivity contribution in [2.24, 2.45) is 5.84 Å². The monoisotopic (exact) mass is 334 g/mol. The average Bonchev–Trinajstić information content (AvgIpc) is 2.45. The molecule has 0 radical (unpaired) electrons. The van der Waals surface area contributed by atoms with E-state index in [4.69, 9.17) is 5.84 Å². The van der Waals surface area contributed by atoms with Gasteiger partial charge in [-0.05, 0) is 49.1 Å². The summed E-state index contributed by atoms with van der Waals surface area (Å²) >= 11 is 3.50. The summed E-state index contributed by atoms with van der Waals surface area (Å²) in [5.41, 5.74) is 7.16. The first kappa shape index (κ1) is 15.1. The SMILES string of the molecule is CCc1nnc(C)cc1C(Cc1cccc(Br)c1)NN. The van der Waals surface area contributed by atoms with Crippen LogP contribution in [0.4, 0.5) is 0 Å². The molecule has 0 fully saturated rings. The zero-order valence-electron chi connectivity index (χ0n) is 11.7. The van der Waals surface area contributed by atoms with Crippen molar-refractivity contribution >= 4 is 15.9 Å². The van der Waals surface area contributed by atoms with Crippen molar-refractivity contribution in [1.29, 1.82) is 0 Å². The number of nitrogens with two attached hydrogens (primary N) is 1. The molecule has 2 aromatic rings. The molecule has 1 aromatic heterocycles. The number of hydrazine groups is 1. The molecule has 20 heavy (non-hydrogen) atoms. The lowest BCUT2D eigenvalue weighted by Gasteiger charge is -2.19. The Morgan fingerprint density at radius 3 is 2.75 bits per heavy atom. The lowest BCUT2D eigenvalue weighted by Crippen LogP contribution is -2.30. The van der Waals surface area contributed by atoms with E-state index in [1.165, 1.54) is 5.56 Å². The smallest absolute Gasteiger partial charge is 0.0676 e. The molecule has 106 valence electrons. The van der Waals surface area contributed by atoms with E-state index in [9.17, 15) is 0 Å². The third-order valence-corrected chi connectivity index (χ3v) is 3.76. The molecule has 0 aliphatic carbocycles. The van der Waals surface area contributed by atoms with E-state index < -0.39 is 0 Å². The van der Waals surface area contributed by atoms with Gasteiger partial charge in [0.1, 0.15) is 0 Å². The predicted octanol–water partition coefficient (Wildman–Crippen LogP) is 2.86. The fourth-order valence-corrected chi connectivity index (χ4v) is 2.72. The summed E-state index contributed by atoms with van der Waals surface area (Å²) < 4.78 is 1.07. The minimum absolute atomic E-state index is 0.0356. The molecule has 0 spiro atoms. The highest BCUT2D eigenvalue weighted by atomic mass is 79.9. The third kappa shape index (κ3) is 3.62. The second kappa shape index (κ2) is 6.92. The first-order valence-electron chi connectivity index (χ1n) is 6.67. The Morgan fingerprint density at radius 1 is 1.30 bits per heavy atom. The number of aromatic nitrogens is 2. The van der Waals surface area contributed by atoms with Crippen molar-refractivity contribution in [3.8, 4) is 0 Å². The van der Waals surface area contributed by atoms with Crippen LogP contribution in [-0.4, -0.2) is 10.2 Å². The molecular formula is C15H19BrN4. The van der Waals surface area contributed by atoms with Gasteiger partial charge < -0.3 is 0 Å². The summed E-state index contributed by atoms with van der Waals surface area (Å²) in [6, 6.07) is 10.4. The van der Waals surface area contributed by atoms with Crippen LogP contribution >= 0.6 is 15.9 Å². The molecule has 1 aromatic carbocycles. The molecule has 0 saturated heterocycles. The van der Waals surface area contributed by atoms with Crippen LogP contribution in [0.25, 0.3) is 0 Å². The Hall–Kier alpha value is -1.30. The highest BCUT2D eigenvalue weighted by Crippen LogP contribution is 2.22. The molecule has 3 N–H and O–H groups in total. The van der Waals surface area contributed by atoms with Crippen molar-refractivity contribution in [2.45, 2.75) is 32.7 Å². The third-order valence-electron chi connectivity index (χ3n) is 3.27. The summed E-state index contributed by atoms with van der Waals surface area (Å²) in [6.45, 7) is 4.03. The summed E-state index contributed by atoms with van der Waals surface area (Å²) in [7, 11) is 0. The Kier molecular flexibility index (Phi) is 5.23. The normalized spacial score (nSPS) is 12.4. The Bertz CT molecular complexity index is 586. The highest BCUT2D eigenvalue weighted by molar-refractivity contribution is 9.10. The Balaban J connectivity index is 2.30. The number of nitrogens with one attached hydrogen (secondary N) is 1. The fraction of sp³-hybridized carbons (Fsp3) is 0.333. The molecule has 4 nitrogen and oxygen atoms in total. The van der Waals surface area contributed by atoms with Gasteiger partial charge in [0.05, 0.1) is 17.4 Å². The lowest BCUT2D eigenvalue weighted by molar-refractivity contribution is 0.541. The largest absolute Gasteiger partial charge is 0.271 e. The molecule has 0 amide bonds. The highest BCUT2D eigenvalue weighted by Gasteiger charge is 2.16. The summed E-state index contributed by atoms with van der Waals surface area (Å²) in [4.78, 5) is 0. The number of benzene rings is 1. The average molecular weight is 335 g/mol. The van der Waals surface area contributed by atoms with Gasteiger partial charge in [0.2, 0.25) is 0 Å². The van der Waals surface area contributed by atoms with E-state index in [1.54, 1.807) is 0 Å². The van der Waals surface area contributed by atoms with Crippen LogP contribution < -0.4 is 11.3 Å². The quantitative estimate of drug-likeness (QED) is 0.651. The van der Waals surface area contributed by atoms with Gasteiger partial charge in [0, 0.05) is 4.47 Å². The molecule has 1 heterocycles. The first-order chi connectivity index (χ1) is 9.63. The van der Waals surface area contributed by atoms with E-state index in [1.807, 2.05) is 19.1 Å². The van der Waals surface area contributed by atoms with Crippen molar-refractivity contribution in [3.05, 3.63) is 57.3 Å². The van der Waals surface area contributed by atoms with Crippen LogP contribution in [0.5, 0.6) is 0 Å². The number of hydrogen-bond donors (Lipinski definition) is 2. The van der Waals surface area contributed by atoms with Crippen molar-refractivity contribution in [3.63, 3.8) is 0 Å². The topological polar surface area (TPSA) is 63.8 Å². The van der Waals surface area contributed by atoms with E-state index in [0.717, 1.165) is 34.3 Å². The Morgan fingerprint density at radius 2 is 2.10 bits per heavy atom. The first-order valence-corrected chi connectivity index (χ1v) is 7.47. The summed E-state index contributed by atoms with van der Waals surface area (Å²) in [6.07, 6.45) is 1.66. The fourth-order valence-electron chi connectivity index (χ4n) is 2.27. The van der Waals surface area contributed by atoms with Gasteiger partial charge >= 0.3 is 0 Å². The number of hydrogen-bond acceptors (Lipinski definition) is 4. The molecule has 2 rings (SSSR count). The number of halogens is 1. The maximum atomic E-state index is 5.75. The van der Waals surface area contributed by atoms with Gasteiger partial charge in [-0.15, -0.1) is 0 Å². The molecule has 1 unspecified atom stereocenters. The van der Waals surface area contributed by atoms with Gasteiger partial charge in [-0.1, -0.05) is 35.0 Å². The van der Waals surface area contributed by atoms with Gasteiger partial charge in [0.15, 0.2) is 0 Å². The van der Waals surface area contributed by atoms with Crippen molar-refractivity contribution in [1.82, 2.24) is 15.6 Å². The second-order valence-electron chi connectivity index (χ2n) is 4.79. The van der Waals surface area contributed by atoms with Crippen LogP contribution in [-0.2, 0) is 12.8 Å². The minimum atomic E-state index is 0.0356. The minimum Gasteiger partial charge on any atom is -0.271 e. The zero-order valence-corrected chi connectivity index (χ0v) is 13.3. The second-order valence-corrected chi connectivity index (χ2v) is 5.71. The number of rotatable bonds is 5. The predicted molar refractivity (Wildman–Crippen MR) is 84.1 cm³/mol. The molecule has 0 saturated carbocycles.